The average Bonchev–Trinajstić information content (AvgIpc) is 2.51. The van der Waals surface area contributed by atoms with Gasteiger partial charge in [0.15, 0.2) is 0 Å². The number of aromatic hydroxyl groups is 2. The molecule has 0 fully saturated rings. The largest absolute Gasteiger partial charge is 0.507 e. The van der Waals surface area contributed by atoms with E-state index in [9.17, 15) is 10.2 Å². The summed E-state index contributed by atoms with van der Waals surface area (Å²) in [6.45, 7) is 21.2. The molecule has 0 spiro atoms. The summed E-state index contributed by atoms with van der Waals surface area (Å²) >= 11 is 0. The fourth-order valence-electron chi connectivity index (χ4n) is 4.12. The van der Waals surface area contributed by atoms with Crippen LogP contribution in [0.15, 0.2) is 24.3 Å². The Morgan fingerprint density at radius 2 is 0.964 bits per heavy atom. The van der Waals surface area contributed by atoms with Gasteiger partial charge < -0.3 is 10.2 Å². The van der Waals surface area contributed by atoms with Gasteiger partial charge in [-0.15, -0.1) is 0 Å². The Bertz CT molecular complexity index is 792. The molecule has 2 N–H and O–H groups in total. The third-order valence-electron chi connectivity index (χ3n) is 5.52. The fraction of sp³-hybridized carbons (Fsp3) is 0.538. The van der Waals surface area contributed by atoms with E-state index in [2.05, 4.69) is 93.5 Å². The standard InChI is InChI=1S/C26H38O2/c1-15(2)22(18-11-16(3)13-20(23(18)27)25(5,6)7)19-12-17(4)14-21(24(19)28)26(8,9)10/h11-15,22,27-28H,1-10H3. The minimum absolute atomic E-state index is 0.0815. The zero-order valence-corrected chi connectivity index (χ0v) is 19.4. The van der Waals surface area contributed by atoms with Crippen LogP contribution in [0.25, 0.3) is 0 Å². The number of phenols is 2. The predicted octanol–water partition coefficient (Wildman–Crippen LogP) is 7.10. The van der Waals surface area contributed by atoms with Crippen molar-refractivity contribution in [3.8, 4) is 11.5 Å². The number of hydrogen-bond donors (Lipinski definition) is 2. The second-order valence-corrected chi connectivity index (χ2v) is 10.7. The maximum atomic E-state index is 11.2. The molecule has 0 saturated carbocycles. The number of rotatable bonds is 3. The van der Waals surface area contributed by atoms with Gasteiger partial charge in [0.1, 0.15) is 11.5 Å². The summed E-state index contributed by atoms with van der Waals surface area (Å²) in [7, 11) is 0. The zero-order valence-electron chi connectivity index (χ0n) is 19.4. The highest BCUT2D eigenvalue weighted by molar-refractivity contribution is 5.56. The summed E-state index contributed by atoms with van der Waals surface area (Å²) in [4.78, 5) is 0. The van der Waals surface area contributed by atoms with E-state index in [0.29, 0.717) is 11.5 Å². The van der Waals surface area contributed by atoms with E-state index in [1.807, 2.05) is 0 Å². The van der Waals surface area contributed by atoms with Gasteiger partial charge in [-0.1, -0.05) is 90.8 Å². The average molecular weight is 383 g/mol. The van der Waals surface area contributed by atoms with Crippen LogP contribution in [-0.4, -0.2) is 10.2 Å². The van der Waals surface area contributed by atoms with Crippen LogP contribution in [-0.2, 0) is 10.8 Å². The molecule has 0 aliphatic carbocycles. The Morgan fingerprint density at radius 1 is 0.643 bits per heavy atom. The van der Waals surface area contributed by atoms with Crippen molar-refractivity contribution in [3.05, 3.63) is 57.6 Å². The van der Waals surface area contributed by atoms with Gasteiger partial charge in [-0.3, -0.25) is 0 Å². The predicted molar refractivity (Wildman–Crippen MR) is 120 cm³/mol. The first-order valence-electron chi connectivity index (χ1n) is 10.3. The van der Waals surface area contributed by atoms with Gasteiger partial charge in [0.05, 0.1) is 0 Å². The Balaban J connectivity index is 2.84. The van der Waals surface area contributed by atoms with Crippen LogP contribution in [0, 0.1) is 19.8 Å². The lowest BCUT2D eigenvalue weighted by Crippen LogP contribution is -2.17. The van der Waals surface area contributed by atoms with E-state index < -0.39 is 0 Å². The van der Waals surface area contributed by atoms with E-state index >= 15 is 0 Å². The first-order valence-corrected chi connectivity index (χ1v) is 10.3. The van der Waals surface area contributed by atoms with Crippen molar-refractivity contribution >= 4 is 0 Å². The van der Waals surface area contributed by atoms with E-state index in [4.69, 9.17) is 0 Å². The smallest absolute Gasteiger partial charge is 0.123 e. The molecule has 154 valence electrons. The Labute approximate surface area is 171 Å². The van der Waals surface area contributed by atoms with Crippen LogP contribution in [0.1, 0.15) is 94.7 Å². The third kappa shape index (κ3) is 4.37. The van der Waals surface area contributed by atoms with Gasteiger partial charge in [-0.05, 0) is 41.7 Å². The molecule has 0 amide bonds. The Kier molecular flexibility index (Phi) is 5.95. The van der Waals surface area contributed by atoms with Crippen LogP contribution < -0.4 is 0 Å². The highest BCUT2D eigenvalue weighted by atomic mass is 16.3. The summed E-state index contributed by atoms with van der Waals surface area (Å²) in [5, 5.41) is 22.5. The summed E-state index contributed by atoms with van der Waals surface area (Å²) in [6.07, 6.45) is 0. The van der Waals surface area contributed by atoms with Gasteiger partial charge >= 0.3 is 0 Å². The molecular weight excluding hydrogens is 344 g/mol. The van der Waals surface area contributed by atoms with Crippen molar-refractivity contribution in [3.63, 3.8) is 0 Å². The summed E-state index contributed by atoms with van der Waals surface area (Å²) in [6, 6.07) is 8.31. The van der Waals surface area contributed by atoms with Crippen molar-refractivity contribution < 1.29 is 10.2 Å². The number of phenolic OH excluding ortho intramolecular Hbond substituents is 2. The zero-order chi connectivity index (χ0) is 21.6. The number of hydrogen-bond acceptors (Lipinski definition) is 2. The molecular formula is C26H38O2. The summed E-state index contributed by atoms with van der Waals surface area (Å²) in [5.41, 5.74) is 5.67. The minimum Gasteiger partial charge on any atom is -0.507 e. The van der Waals surface area contributed by atoms with E-state index in [0.717, 1.165) is 33.4 Å². The van der Waals surface area contributed by atoms with Crippen molar-refractivity contribution in [2.45, 2.75) is 86.0 Å². The molecule has 2 aromatic rings. The molecule has 2 heteroatoms. The lowest BCUT2D eigenvalue weighted by Gasteiger charge is -2.30. The lowest BCUT2D eigenvalue weighted by atomic mass is 9.75. The van der Waals surface area contributed by atoms with Gasteiger partial charge in [0.2, 0.25) is 0 Å². The second-order valence-electron chi connectivity index (χ2n) is 10.7. The van der Waals surface area contributed by atoms with E-state index in [-0.39, 0.29) is 22.7 Å². The molecule has 2 aromatic carbocycles. The first-order chi connectivity index (χ1) is 12.6. The molecule has 0 aliphatic heterocycles. The van der Waals surface area contributed by atoms with Crippen LogP contribution >= 0.6 is 0 Å². The summed E-state index contributed by atoms with van der Waals surface area (Å²) in [5.74, 6) is 0.855. The molecule has 2 nitrogen and oxygen atoms in total. The monoisotopic (exact) mass is 382 g/mol. The quantitative estimate of drug-likeness (QED) is 0.594. The van der Waals surface area contributed by atoms with Gasteiger partial charge in [-0.25, -0.2) is 0 Å². The van der Waals surface area contributed by atoms with Crippen LogP contribution in [0.4, 0.5) is 0 Å². The third-order valence-corrected chi connectivity index (χ3v) is 5.52. The molecule has 0 atom stereocenters. The van der Waals surface area contributed by atoms with Crippen LogP contribution in [0.5, 0.6) is 11.5 Å². The molecule has 0 radical (unpaired) electrons. The normalized spacial score (nSPS) is 12.9. The molecule has 0 bridgehead atoms. The molecule has 0 aromatic heterocycles. The molecule has 0 aliphatic rings. The maximum Gasteiger partial charge on any atom is 0.123 e. The summed E-state index contributed by atoms with van der Waals surface area (Å²) < 4.78 is 0. The lowest BCUT2D eigenvalue weighted by molar-refractivity contribution is 0.413. The second kappa shape index (κ2) is 7.46. The van der Waals surface area contributed by atoms with Gasteiger partial charge in [0, 0.05) is 17.0 Å². The number of benzene rings is 2. The highest BCUT2D eigenvalue weighted by Crippen LogP contribution is 2.47. The minimum atomic E-state index is -0.155. The van der Waals surface area contributed by atoms with Crippen molar-refractivity contribution in [2.24, 2.45) is 5.92 Å². The first kappa shape index (κ1) is 22.3. The van der Waals surface area contributed by atoms with Gasteiger partial charge in [0.25, 0.3) is 0 Å². The topological polar surface area (TPSA) is 40.5 Å². The maximum absolute atomic E-state index is 11.2. The van der Waals surface area contributed by atoms with Crippen molar-refractivity contribution in [1.82, 2.24) is 0 Å². The fourth-order valence-corrected chi connectivity index (χ4v) is 4.12. The molecule has 0 unspecified atom stereocenters. The van der Waals surface area contributed by atoms with Crippen LogP contribution in [0.3, 0.4) is 0 Å². The Hall–Kier alpha value is -1.96. The molecule has 28 heavy (non-hydrogen) atoms. The molecule has 0 saturated heterocycles. The Morgan fingerprint density at radius 3 is 1.21 bits per heavy atom. The molecule has 0 heterocycles. The van der Waals surface area contributed by atoms with Gasteiger partial charge in [-0.2, -0.15) is 0 Å². The van der Waals surface area contributed by atoms with Crippen molar-refractivity contribution in [2.75, 3.05) is 0 Å². The number of aryl methyl sites for hydroxylation is 2. The van der Waals surface area contributed by atoms with E-state index in [1.54, 1.807) is 0 Å². The van der Waals surface area contributed by atoms with E-state index in [1.165, 1.54) is 0 Å². The molecule has 2 rings (SSSR count). The van der Waals surface area contributed by atoms with Crippen LogP contribution in [0.2, 0.25) is 0 Å². The van der Waals surface area contributed by atoms with Crippen molar-refractivity contribution in [1.29, 1.82) is 0 Å². The highest BCUT2D eigenvalue weighted by Gasteiger charge is 2.31. The SMILES string of the molecule is Cc1cc(C(c2cc(C)cc(C(C)(C)C)c2O)C(C)C)c(O)c(C(C)(C)C)c1.